The number of nitrogens with one attached hydrogen (secondary N) is 1. The summed E-state index contributed by atoms with van der Waals surface area (Å²) >= 11 is 7.33. The van der Waals surface area contributed by atoms with Gasteiger partial charge in [-0.2, -0.15) is 5.26 Å². The highest BCUT2D eigenvalue weighted by Crippen LogP contribution is 2.33. The lowest BCUT2D eigenvalue weighted by atomic mass is 10.2. The van der Waals surface area contributed by atoms with Gasteiger partial charge in [0.05, 0.1) is 30.1 Å². The first-order chi connectivity index (χ1) is 16.1. The number of benzene rings is 3. The number of anilines is 1. The summed E-state index contributed by atoms with van der Waals surface area (Å²) in [5, 5.41) is 21.7. The number of halogens is 1. The van der Waals surface area contributed by atoms with Crippen LogP contribution in [0.5, 0.6) is 5.75 Å². The Morgan fingerprint density at radius 2 is 1.91 bits per heavy atom. The van der Waals surface area contributed by atoms with Gasteiger partial charge in [0.2, 0.25) is 5.91 Å². The van der Waals surface area contributed by atoms with Gasteiger partial charge in [0.1, 0.15) is 5.75 Å². The number of hydrogen-bond donors (Lipinski definition) is 1. The van der Waals surface area contributed by atoms with Crippen molar-refractivity contribution in [3.63, 3.8) is 0 Å². The Hall–Kier alpha value is -3.80. The Kier molecular flexibility index (Phi) is 6.93. The van der Waals surface area contributed by atoms with Crippen LogP contribution in [0.2, 0.25) is 5.02 Å². The Balaban J connectivity index is 1.63. The van der Waals surface area contributed by atoms with Crippen LogP contribution >= 0.6 is 23.4 Å². The number of thioether (sulfide) groups is 1. The van der Waals surface area contributed by atoms with Crippen molar-refractivity contribution in [3.05, 3.63) is 83.4 Å². The smallest absolute Gasteiger partial charge is 0.234 e. The van der Waals surface area contributed by atoms with E-state index in [4.69, 9.17) is 21.6 Å². The lowest BCUT2D eigenvalue weighted by Gasteiger charge is -2.12. The van der Waals surface area contributed by atoms with Crippen molar-refractivity contribution >= 4 is 35.0 Å². The summed E-state index contributed by atoms with van der Waals surface area (Å²) in [5.74, 6) is 1.12. The number of aromatic nitrogens is 3. The van der Waals surface area contributed by atoms with Gasteiger partial charge in [0, 0.05) is 16.4 Å². The molecule has 0 fully saturated rings. The molecule has 0 radical (unpaired) electrons. The summed E-state index contributed by atoms with van der Waals surface area (Å²) in [5.41, 5.74) is 2.61. The first-order valence-electron chi connectivity index (χ1n) is 9.86. The molecule has 0 atom stereocenters. The highest BCUT2D eigenvalue weighted by Gasteiger charge is 2.20. The summed E-state index contributed by atoms with van der Waals surface area (Å²) < 4.78 is 7.37. The Morgan fingerprint density at radius 1 is 1.12 bits per heavy atom. The van der Waals surface area contributed by atoms with E-state index < -0.39 is 0 Å². The Morgan fingerprint density at radius 3 is 2.67 bits per heavy atom. The van der Waals surface area contributed by atoms with Gasteiger partial charge in [-0.3, -0.25) is 9.36 Å². The molecule has 1 N–H and O–H groups in total. The molecular formula is C24H18ClN5O2S. The number of nitriles is 1. The molecule has 0 saturated carbocycles. The maximum Gasteiger partial charge on any atom is 0.234 e. The van der Waals surface area contributed by atoms with Crippen LogP contribution in [0.15, 0.2) is 78.0 Å². The van der Waals surface area contributed by atoms with E-state index in [2.05, 4.69) is 21.6 Å². The standard InChI is InChI=1S/C24H18ClN5O2S/c1-32-21-8-3-2-7-20(21)23-28-29-24(30(23)19-11-9-17(25)10-12-19)33-15-22(31)27-18-6-4-5-16(13-18)14-26/h2-13H,15H2,1H3,(H,27,31). The highest BCUT2D eigenvalue weighted by atomic mass is 35.5. The molecule has 0 bridgehead atoms. The van der Waals surface area contributed by atoms with Gasteiger partial charge in [-0.25, -0.2) is 0 Å². The fraction of sp³-hybridized carbons (Fsp3) is 0.0833. The van der Waals surface area contributed by atoms with E-state index in [0.717, 1.165) is 11.3 Å². The van der Waals surface area contributed by atoms with Crippen molar-refractivity contribution in [1.29, 1.82) is 5.26 Å². The predicted octanol–water partition coefficient (Wildman–Crippen LogP) is 5.20. The van der Waals surface area contributed by atoms with E-state index in [0.29, 0.717) is 33.0 Å². The zero-order valence-corrected chi connectivity index (χ0v) is 19.1. The first kappa shape index (κ1) is 22.4. The summed E-state index contributed by atoms with van der Waals surface area (Å²) in [4.78, 5) is 12.5. The predicted molar refractivity (Wildman–Crippen MR) is 129 cm³/mol. The number of ether oxygens (including phenoxy) is 1. The number of para-hydroxylation sites is 1. The van der Waals surface area contributed by atoms with E-state index in [1.165, 1.54) is 11.8 Å². The fourth-order valence-corrected chi connectivity index (χ4v) is 4.06. The van der Waals surface area contributed by atoms with E-state index in [9.17, 15) is 4.79 Å². The van der Waals surface area contributed by atoms with Crippen LogP contribution in [0.4, 0.5) is 5.69 Å². The van der Waals surface area contributed by atoms with Gasteiger partial charge < -0.3 is 10.1 Å². The molecule has 0 saturated heterocycles. The van der Waals surface area contributed by atoms with Gasteiger partial charge in [-0.05, 0) is 54.6 Å². The molecule has 0 aliphatic rings. The van der Waals surface area contributed by atoms with Crippen molar-refractivity contribution in [2.24, 2.45) is 0 Å². The summed E-state index contributed by atoms with van der Waals surface area (Å²) in [7, 11) is 1.60. The molecule has 3 aromatic carbocycles. The second-order valence-electron chi connectivity index (χ2n) is 6.85. The molecule has 0 aliphatic carbocycles. The van der Waals surface area contributed by atoms with Crippen LogP contribution < -0.4 is 10.1 Å². The lowest BCUT2D eigenvalue weighted by molar-refractivity contribution is -0.113. The molecule has 7 nitrogen and oxygen atoms in total. The van der Waals surface area contributed by atoms with Crippen LogP contribution in [0.25, 0.3) is 17.1 Å². The summed E-state index contributed by atoms with van der Waals surface area (Å²) in [6.07, 6.45) is 0. The van der Waals surface area contributed by atoms with Crippen LogP contribution in [0.3, 0.4) is 0 Å². The highest BCUT2D eigenvalue weighted by molar-refractivity contribution is 7.99. The van der Waals surface area contributed by atoms with Crippen LogP contribution in [0.1, 0.15) is 5.56 Å². The summed E-state index contributed by atoms with van der Waals surface area (Å²) in [6.45, 7) is 0. The first-order valence-corrected chi connectivity index (χ1v) is 11.2. The van der Waals surface area contributed by atoms with E-state index in [1.54, 1.807) is 43.5 Å². The Bertz CT molecular complexity index is 1330. The van der Waals surface area contributed by atoms with Crippen molar-refractivity contribution in [2.45, 2.75) is 5.16 Å². The lowest BCUT2D eigenvalue weighted by Crippen LogP contribution is -2.14. The third-order valence-electron chi connectivity index (χ3n) is 4.67. The number of amides is 1. The third kappa shape index (κ3) is 5.17. The van der Waals surface area contributed by atoms with Crippen molar-refractivity contribution < 1.29 is 9.53 Å². The zero-order valence-electron chi connectivity index (χ0n) is 17.5. The molecule has 0 spiro atoms. The van der Waals surface area contributed by atoms with Crippen LogP contribution in [-0.4, -0.2) is 33.5 Å². The third-order valence-corrected chi connectivity index (χ3v) is 5.85. The van der Waals surface area contributed by atoms with Crippen molar-refractivity contribution in [1.82, 2.24) is 14.8 Å². The zero-order chi connectivity index (χ0) is 23.2. The largest absolute Gasteiger partial charge is 0.496 e. The molecule has 0 aliphatic heterocycles. The van der Waals surface area contributed by atoms with E-state index in [-0.39, 0.29) is 11.7 Å². The monoisotopic (exact) mass is 475 g/mol. The van der Waals surface area contributed by atoms with E-state index >= 15 is 0 Å². The second-order valence-corrected chi connectivity index (χ2v) is 8.23. The minimum absolute atomic E-state index is 0.106. The minimum atomic E-state index is -0.223. The molecule has 0 unspecified atom stereocenters. The van der Waals surface area contributed by atoms with Crippen LogP contribution in [-0.2, 0) is 4.79 Å². The molecule has 1 amide bonds. The molecule has 1 aromatic heterocycles. The number of rotatable bonds is 7. The van der Waals surface area contributed by atoms with Gasteiger partial charge in [-0.15, -0.1) is 10.2 Å². The molecular weight excluding hydrogens is 458 g/mol. The molecule has 1 heterocycles. The summed E-state index contributed by atoms with van der Waals surface area (Å²) in [6, 6.07) is 23.6. The second kappa shape index (κ2) is 10.2. The van der Waals surface area contributed by atoms with Crippen LogP contribution in [0, 0.1) is 11.3 Å². The maximum absolute atomic E-state index is 12.5. The average molecular weight is 476 g/mol. The molecule has 9 heteroatoms. The number of nitrogens with zero attached hydrogens (tertiary/aromatic N) is 4. The van der Waals surface area contributed by atoms with Gasteiger partial charge in [-0.1, -0.05) is 41.6 Å². The number of methoxy groups -OCH3 is 1. The quantitative estimate of drug-likeness (QED) is 0.369. The van der Waals surface area contributed by atoms with Gasteiger partial charge >= 0.3 is 0 Å². The minimum Gasteiger partial charge on any atom is -0.496 e. The number of carbonyl (C=O) groups is 1. The topological polar surface area (TPSA) is 92.8 Å². The molecule has 4 rings (SSSR count). The van der Waals surface area contributed by atoms with Crippen molar-refractivity contribution in [2.75, 3.05) is 18.2 Å². The molecule has 4 aromatic rings. The van der Waals surface area contributed by atoms with Gasteiger partial charge in [0.25, 0.3) is 0 Å². The molecule has 33 heavy (non-hydrogen) atoms. The maximum atomic E-state index is 12.5. The van der Waals surface area contributed by atoms with E-state index in [1.807, 2.05) is 41.0 Å². The Labute approximate surface area is 200 Å². The normalized spacial score (nSPS) is 10.5. The average Bonchev–Trinajstić information content (AvgIpc) is 3.27. The SMILES string of the molecule is COc1ccccc1-c1nnc(SCC(=O)Nc2cccc(C#N)c2)n1-c1ccc(Cl)cc1. The number of hydrogen-bond acceptors (Lipinski definition) is 6. The fourth-order valence-electron chi connectivity index (χ4n) is 3.18. The molecule has 164 valence electrons. The van der Waals surface area contributed by atoms with Gasteiger partial charge in [0.15, 0.2) is 11.0 Å². The number of carbonyl (C=O) groups excluding carboxylic acids is 1. The van der Waals surface area contributed by atoms with Crippen molar-refractivity contribution in [3.8, 4) is 28.9 Å².